The van der Waals surface area contributed by atoms with Crippen molar-refractivity contribution in [1.82, 2.24) is 20.2 Å². The Labute approximate surface area is 121 Å². The number of urea groups is 1. The van der Waals surface area contributed by atoms with E-state index in [1.54, 1.807) is 12.4 Å². The molecule has 7 nitrogen and oxygen atoms in total. The SMILES string of the molecule is CC1SCC(C(=O)O)N1C(=O)NCCCc1ncc[nH]1. The topological polar surface area (TPSA) is 98.3 Å². The van der Waals surface area contributed by atoms with Gasteiger partial charge in [0.05, 0.1) is 5.37 Å². The molecule has 0 bridgehead atoms. The monoisotopic (exact) mass is 298 g/mol. The molecule has 2 atom stereocenters. The van der Waals surface area contributed by atoms with Gasteiger partial charge in [-0.15, -0.1) is 11.8 Å². The summed E-state index contributed by atoms with van der Waals surface area (Å²) < 4.78 is 0. The van der Waals surface area contributed by atoms with Crippen molar-refractivity contribution in [2.45, 2.75) is 31.2 Å². The quantitative estimate of drug-likeness (QED) is 0.702. The van der Waals surface area contributed by atoms with Crippen LogP contribution in [0.25, 0.3) is 0 Å². The van der Waals surface area contributed by atoms with Crippen LogP contribution in [0.4, 0.5) is 4.79 Å². The van der Waals surface area contributed by atoms with Gasteiger partial charge in [-0.3, -0.25) is 4.90 Å². The van der Waals surface area contributed by atoms with E-state index in [1.807, 2.05) is 6.92 Å². The lowest BCUT2D eigenvalue weighted by molar-refractivity contribution is -0.141. The van der Waals surface area contributed by atoms with Gasteiger partial charge in [0.2, 0.25) is 0 Å². The van der Waals surface area contributed by atoms with Crippen LogP contribution < -0.4 is 5.32 Å². The highest BCUT2D eigenvalue weighted by Crippen LogP contribution is 2.28. The smallest absolute Gasteiger partial charge is 0.327 e. The summed E-state index contributed by atoms with van der Waals surface area (Å²) in [7, 11) is 0. The fourth-order valence-electron chi connectivity index (χ4n) is 2.12. The number of thioether (sulfide) groups is 1. The van der Waals surface area contributed by atoms with Crippen LogP contribution in [0.1, 0.15) is 19.2 Å². The summed E-state index contributed by atoms with van der Waals surface area (Å²) in [5.74, 6) is 0.372. The Hall–Kier alpha value is -1.70. The van der Waals surface area contributed by atoms with Crippen LogP contribution in [-0.2, 0) is 11.2 Å². The maximum Gasteiger partial charge on any atom is 0.327 e. The normalized spacial score (nSPS) is 21.9. The Kier molecular flexibility index (Phi) is 4.89. The zero-order valence-corrected chi connectivity index (χ0v) is 12.0. The lowest BCUT2D eigenvalue weighted by atomic mass is 10.3. The van der Waals surface area contributed by atoms with Gasteiger partial charge in [-0.25, -0.2) is 14.6 Å². The number of nitrogens with one attached hydrogen (secondary N) is 2. The molecule has 1 fully saturated rings. The Bertz CT molecular complexity index is 465. The number of carbonyl (C=O) groups is 2. The average Bonchev–Trinajstić information content (AvgIpc) is 3.03. The van der Waals surface area contributed by atoms with Crippen molar-refractivity contribution in [2.75, 3.05) is 12.3 Å². The van der Waals surface area contributed by atoms with E-state index in [0.29, 0.717) is 12.3 Å². The van der Waals surface area contributed by atoms with Crippen LogP contribution in [0.3, 0.4) is 0 Å². The molecular formula is C12H18N4O3S. The van der Waals surface area contributed by atoms with Gasteiger partial charge in [0, 0.05) is 31.1 Å². The second-order valence-corrected chi connectivity index (χ2v) is 5.91. The number of H-pyrrole nitrogens is 1. The molecule has 1 aromatic rings. The molecule has 110 valence electrons. The first kappa shape index (κ1) is 14.7. The highest BCUT2D eigenvalue weighted by atomic mass is 32.2. The van der Waals surface area contributed by atoms with Gasteiger partial charge < -0.3 is 15.4 Å². The minimum Gasteiger partial charge on any atom is -0.480 e. The highest BCUT2D eigenvalue weighted by Gasteiger charge is 2.39. The van der Waals surface area contributed by atoms with E-state index in [0.717, 1.165) is 18.7 Å². The number of hydrogen-bond acceptors (Lipinski definition) is 4. The van der Waals surface area contributed by atoms with Gasteiger partial charge in [-0.05, 0) is 13.3 Å². The number of aromatic amines is 1. The van der Waals surface area contributed by atoms with Gasteiger partial charge in [0.1, 0.15) is 11.9 Å². The first-order chi connectivity index (χ1) is 9.59. The molecule has 1 aromatic heterocycles. The number of aliphatic carboxylic acids is 1. The van der Waals surface area contributed by atoms with Gasteiger partial charge in [-0.1, -0.05) is 0 Å². The number of carboxylic acid groups (broad SMARTS) is 1. The molecule has 3 N–H and O–H groups in total. The van der Waals surface area contributed by atoms with Crippen LogP contribution in [0.15, 0.2) is 12.4 Å². The summed E-state index contributed by atoms with van der Waals surface area (Å²) in [6.45, 7) is 2.34. The third-order valence-corrected chi connectivity index (χ3v) is 4.38. The van der Waals surface area contributed by atoms with E-state index in [4.69, 9.17) is 5.11 Å². The maximum absolute atomic E-state index is 12.0. The molecule has 0 spiro atoms. The highest BCUT2D eigenvalue weighted by molar-refractivity contribution is 8.00. The molecule has 1 saturated heterocycles. The van der Waals surface area contributed by atoms with Gasteiger partial charge in [0.15, 0.2) is 0 Å². The number of nitrogens with zero attached hydrogens (tertiary/aromatic N) is 2. The number of rotatable bonds is 5. The number of carboxylic acids is 1. The first-order valence-corrected chi connectivity index (χ1v) is 7.53. The Balaban J connectivity index is 1.77. The minimum absolute atomic E-state index is 0.110. The second-order valence-electron chi connectivity index (χ2n) is 4.57. The summed E-state index contributed by atoms with van der Waals surface area (Å²) in [5.41, 5.74) is 0. The Morgan fingerprint density at radius 2 is 2.45 bits per heavy atom. The third-order valence-electron chi connectivity index (χ3n) is 3.16. The standard InChI is InChI=1S/C12H18N4O3S/c1-8-16(9(7-20-8)11(17)18)12(19)15-4-2-3-10-13-5-6-14-10/h5-6,8-9H,2-4,7H2,1H3,(H,13,14)(H,15,19)(H,17,18). The summed E-state index contributed by atoms with van der Waals surface area (Å²) >= 11 is 1.48. The number of amides is 2. The van der Waals surface area contributed by atoms with E-state index in [9.17, 15) is 9.59 Å². The van der Waals surface area contributed by atoms with Crippen molar-refractivity contribution in [3.8, 4) is 0 Å². The van der Waals surface area contributed by atoms with E-state index in [1.165, 1.54) is 16.7 Å². The molecule has 1 aliphatic heterocycles. The summed E-state index contributed by atoms with van der Waals surface area (Å²) in [6, 6.07) is -1.05. The number of carbonyl (C=O) groups excluding carboxylic acids is 1. The van der Waals surface area contributed by atoms with Crippen LogP contribution in [0.2, 0.25) is 0 Å². The molecule has 2 amide bonds. The third kappa shape index (κ3) is 3.44. The molecule has 0 aromatic carbocycles. The molecular weight excluding hydrogens is 280 g/mol. The van der Waals surface area contributed by atoms with E-state index < -0.39 is 12.0 Å². The van der Waals surface area contributed by atoms with Crippen LogP contribution >= 0.6 is 11.8 Å². The zero-order valence-electron chi connectivity index (χ0n) is 11.2. The zero-order chi connectivity index (χ0) is 14.5. The van der Waals surface area contributed by atoms with Gasteiger partial charge in [-0.2, -0.15) is 0 Å². The Morgan fingerprint density at radius 1 is 1.65 bits per heavy atom. The molecule has 2 unspecified atom stereocenters. The fourth-order valence-corrected chi connectivity index (χ4v) is 3.29. The van der Waals surface area contributed by atoms with E-state index in [-0.39, 0.29) is 11.4 Å². The van der Waals surface area contributed by atoms with Gasteiger partial charge in [0.25, 0.3) is 0 Å². The summed E-state index contributed by atoms with van der Waals surface area (Å²) in [6.07, 6.45) is 4.95. The molecule has 1 aliphatic rings. The molecule has 8 heteroatoms. The fraction of sp³-hybridized carbons (Fsp3) is 0.583. The van der Waals surface area contributed by atoms with E-state index in [2.05, 4.69) is 15.3 Å². The van der Waals surface area contributed by atoms with Crippen molar-refractivity contribution in [3.05, 3.63) is 18.2 Å². The molecule has 2 rings (SSSR count). The maximum atomic E-state index is 12.0. The number of aromatic nitrogens is 2. The van der Waals surface area contributed by atoms with Crippen molar-refractivity contribution < 1.29 is 14.7 Å². The molecule has 0 saturated carbocycles. The average molecular weight is 298 g/mol. The first-order valence-electron chi connectivity index (χ1n) is 6.48. The predicted octanol–water partition coefficient (Wildman–Crippen LogP) is 0.900. The van der Waals surface area contributed by atoms with Crippen LogP contribution in [0.5, 0.6) is 0 Å². The summed E-state index contributed by atoms with van der Waals surface area (Å²) in [4.78, 5) is 31.6. The van der Waals surface area contributed by atoms with E-state index >= 15 is 0 Å². The molecule has 0 radical (unpaired) electrons. The lowest BCUT2D eigenvalue weighted by Crippen LogP contribution is -2.49. The molecule has 2 heterocycles. The van der Waals surface area contributed by atoms with Crippen molar-refractivity contribution in [1.29, 1.82) is 0 Å². The lowest BCUT2D eigenvalue weighted by Gasteiger charge is -2.25. The molecule has 20 heavy (non-hydrogen) atoms. The van der Waals surface area contributed by atoms with Crippen LogP contribution in [0, 0.1) is 0 Å². The minimum atomic E-state index is -0.951. The number of imidazole rings is 1. The number of aryl methyl sites for hydroxylation is 1. The largest absolute Gasteiger partial charge is 0.480 e. The van der Waals surface area contributed by atoms with Crippen molar-refractivity contribution in [3.63, 3.8) is 0 Å². The van der Waals surface area contributed by atoms with Gasteiger partial charge >= 0.3 is 12.0 Å². The predicted molar refractivity (Wildman–Crippen MR) is 75.5 cm³/mol. The van der Waals surface area contributed by atoms with Crippen molar-refractivity contribution in [2.24, 2.45) is 0 Å². The number of hydrogen-bond donors (Lipinski definition) is 3. The van der Waals surface area contributed by atoms with Crippen LogP contribution in [-0.4, -0.2) is 55.7 Å². The van der Waals surface area contributed by atoms with Crippen molar-refractivity contribution >= 4 is 23.8 Å². The molecule has 0 aliphatic carbocycles. The Morgan fingerprint density at radius 3 is 3.10 bits per heavy atom. The summed E-state index contributed by atoms with van der Waals surface area (Å²) in [5, 5.41) is 11.8. The second kappa shape index (κ2) is 6.65.